The number of hydrogen-bond acceptors (Lipinski definition) is 4. The van der Waals surface area contributed by atoms with E-state index >= 15 is 0 Å². The Hall–Kier alpha value is -1.14. The topological polar surface area (TPSA) is 76.4 Å². The van der Waals surface area contributed by atoms with Crippen molar-refractivity contribution in [2.24, 2.45) is 0 Å². The van der Waals surface area contributed by atoms with Crippen LogP contribution in [0.4, 0.5) is 0 Å². The highest BCUT2D eigenvalue weighted by atomic mass is 32.2. The molecule has 14 heavy (non-hydrogen) atoms. The lowest BCUT2D eigenvalue weighted by molar-refractivity contribution is 0.109. The maximum absolute atomic E-state index is 11.5. The molecule has 0 atom stereocenters. The summed E-state index contributed by atoms with van der Waals surface area (Å²) in [5, 5.41) is -0.242. The monoisotopic (exact) mass is 217 g/mol. The van der Waals surface area contributed by atoms with Crippen LogP contribution in [-0.2, 0) is 10.0 Å². The van der Waals surface area contributed by atoms with Crippen molar-refractivity contribution in [3.05, 3.63) is 17.9 Å². The maximum atomic E-state index is 11.5. The Morgan fingerprint density at radius 2 is 2.07 bits per heavy atom. The zero-order valence-corrected chi connectivity index (χ0v) is 8.67. The van der Waals surface area contributed by atoms with Gasteiger partial charge in [-0.25, -0.2) is 13.1 Å². The van der Waals surface area contributed by atoms with E-state index in [0.29, 0.717) is 6.29 Å². The molecule has 5 nitrogen and oxygen atoms in total. The average molecular weight is 217 g/mol. The minimum atomic E-state index is -3.62. The second-order valence-electron chi connectivity index (χ2n) is 3.05. The molecule has 0 fully saturated rings. The largest absolute Gasteiger partial charge is 0.440 e. The lowest BCUT2D eigenvalue weighted by Crippen LogP contribution is -2.29. The van der Waals surface area contributed by atoms with Gasteiger partial charge in [0, 0.05) is 6.04 Å². The third-order valence-corrected chi connectivity index (χ3v) is 2.90. The third kappa shape index (κ3) is 2.43. The van der Waals surface area contributed by atoms with Gasteiger partial charge in [-0.15, -0.1) is 0 Å². The first kappa shape index (κ1) is 10.9. The van der Waals surface area contributed by atoms with Crippen LogP contribution in [-0.4, -0.2) is 20.7 Å². The summed E-state index contributed by atoms with van der Waals surface area (Å²) in [6, 6.07) is 2.33. The summed E-state index contributed by atoms with van der Waals surface area (Å²) in [6.45, 7) is 3.39. The van der Waals surface area contributed by atoms with Crippen LogP contribution in [0.2, 0.25) is 0 Å². The van der Waals surface area contributed by atoms with E-state index in [4.69, 9.17) is 4.42 Å². The molecule has 0 bridgehead atoms. The Morgan fingerprint density at radius 1 is 1.43 bits per heavy atom. The molecule has 78 valence electrons. The lowest BCUT2D eigenvalue weighted by Gasteiger charge is -2.05. The molecule has 1 heterocycles. The van der Waals surface area contributed by atoms with Gasteiger partial charge in [0.05, 0.1) is 0 Å². The molecule has 0 saturated carbocycles. The summed E-state index contributed by atoms with van der Waals surface area (Å²) in [5.41, 5.74) is 0. The highest BCUT2D eigenvalue weighted by Gasteiger charge is 2.19. The van der Waals surface area contributed by atoms with Gasteiger partial charge in [-0.1, -0.05) is 0 Å². The van der Waals surface area contributed by atoms with Crippen molar-refractivity contribution in [1.29, 1.82) is 0 Å². The Morgan fingerprint density at radius 3 is 2.50 bits per heavy atom. The second kappa shape index (κ2) is 3.93. The normalized spacial score (nSPS) is 11.9. The molecule has 1 rings (SSSR count). The van der Waals surface area contributed by atoms with Crippen LogP contribution in [0.3, 0.4) is 0 Å². The fourth-order valence-electron chi connectivity index (χ4n) is 0.911. The van der Waals surface area contributed by atoms with Gasteiger partial charge in [-0.05, 0) is 26.0 Å². The number of furan rings is 1. The summed E-state index contributed by atoms with van der Waals surface area (Å²) in [4.78, 5) is 10.3. The number of nitrogens with one attached hydrogen (secondary N) is 1. The first-order valence-corrected chi connectivity index (χ1v) is 5.51. The Labute approximate surface area is 82.2 Å². The SMILES string of the molecule is CC(C)NS(=O)(=O)c1ccc(C=O)o1. The van der Waals surface area contributed by atoms with Gasteiger partial charge in [0.2, 0.25) is 5.09 Å². The Bertz CT molecular complexity index is 418. The van der Waals surface area contributed by atoms with E-state index in [-0.39, 0.29) is 16.9 Å². The molecule has 0 aromatic carbocycles. The van der Waals surface area contributed by atoms with E-state index in [2.05, 4.69) is 4.72 Å². The molecule has 0 unspecified atom stereocenters. The molecule has 0 aliphatic rings. The molecule has 0 aliphatic carbocycles. The van der Waals surface area contributed by atoms with Gasteiger partial charge in [0.15, 0.2) is 12.0 Å². The van der Waals surface area contributed by atoms with Crippen LogP contribution in [0, 0.1) is 0 Å². The molecule has 1 N–H and O–H groups in total. The minimum absolute atomic E-state index is 0.00543. The fourth-order valence-corrected chi connectivity index (χ4v) is 2.10. The number of aldehydes is 1. The van der Waals surface area contributed by atoms with E-state index in [0.717, 1.165) is 0 Å². The number of sulfonamides is 1. The van der Waals surface area contributed by atoms with E-state index in [9.17, 15) is 13.2 Å². The molecule has 1 aromatic heterocycles. The summed E-state index contributed by atoms with van der Waals surface area (Å²) in [7, 11) is -3.62. The average Bonchev–Trinajstić information content (AvgIpc) is 2.49. The molecule has 1 aromatic rings. The van der Waals surface area contributed by atoms with Crippen molar-refractivity contribution in [2.75, 3.05) is 0 Å². The van der Waals surface area contributed by atoms with Crippen molar-refractivity contribution >= 4 is 16.3 Å². The highest BCUT2D eigenvalue weighted by molar-refractivity contribution is 7.89. The van der Waals surface area contributed by atoms with Gasteiger partial charge in [-0.2, -0.15) is 0 Å². The van der Waals surface area contributed by atoms with Gasteiger partial charge in [-0.3, -0.25) is 4.79 Å². The molecule has 0 saturated heterocycles. The Kier molecular flexibility index (Phi) is 3.07. The van der Waals surface area contributed by atoms with Crippen LogP contribution in [0.1, 0.15) is 24.4 Å². The number of carbonyl (C=O) groups is 1. The molecular formula is C8H11NO4S. The van der Waals surface area contributed by atoms with Crippen LogP contribution in [0.25, 0.3) is 0 Å². The first-order chi connectivity index (χ1) is 6.45. The third-order valence-electron chi connectivity index (χ3n) is 1.37. The maximum Gasteiger partial charge on any atom is 0.274 e. The van der Waals surface area contributed by atoms with Gasteiger partial charge < -0.3 is 4.42 Å². The quantitative estimate of drug-likeness (QED) is 0.756. The molecule has 0 radical (unpaired) electrons. The standard InChI is InChI=1S/C8H11NO4S/c1-6(2)9-14(11,12)8-4-3-7(5-10)13-8/h3-6,9H,1-2H3. The predicted molar refractivity (Wildman–Crippen MR) is 49.6 cm³/mol. The molecule has 6 heteroatoms. The van der Waals surface area contributed by atoms with E-state index in [1.165, 1.54) is 12.1 Å². The smallest absolute Gasteiger partial charge is 0.274 e. The van der Waals surface area contributed by atoms with Crippen molar-refractivity contribution in [2.45, 2.75) is 25.0 Å². The summed E-state index contributed by atoms with van der Waals surface area (Å²) >= 11 is 0. The van der Waals surface area contributed by atoms with Crippen molar-refractivity contribution < 1.29 is 17.6 Å². The number of rotatable bonds is 4. The van der Waals surface area contributed by atoms with Crippen molar-refractivity contribution in [3.63, 3.8) is 0 Å². The summed E-state index contributed by atoms with van der Waals surface area (Å²) in [5.74, 6) is -0.00543. The fraction of sp³-hybridized carbons (Fsp3) is 0.375. The molecule has 0 amide bonds. The minimum Gasteiger partial charge on any atom is -0.440 e. The van der Waals surface area contributed by atoms with Gasteiger partial charge in [0.25, 0.3) is 10.0 Å². The number of carbonyl (C=O) groups excluding carboxylic acids is 1. The predicted octanol–water partition coefficient (Wildman–Crippen LogP) is 0.779. The van der Waals surface area contributed by atoms with Crippen molar-refractivity contribution in [3.8, 4) is 0 Å². The number of hydrogen-bond donors (Lipinski definition) is 1. The first-order valence-electron chi connectivity index (χ1n) is 4.03. The molecule has 0 spiro atoms. The molecular weight excluding hydrogens is 206 g/mol. The zero-order valence-electron chi connectivity index (χ0n) is 7.85. The van der Waals surface area contributed by atoms with E-state index < -0.39 is 10.0 Å². The van der Waals surface area contributed by atoms with E-state index in [1.807, 2.05) is 0 Å². The van der Waals surface area contributed by atoms with Gasteiger partial charge >= 0.3 is 0 Å². The zero-order chi connectivity index (χ0) is 10.8. The van der Waals surface area contributed by atoms with Gasteiger partial charge in [0.1, 0.15) is 0 Å². The summed E-state index contributed by atoms with van der Waals surface area (Å²) in [6.07, 6.45) is 0.453. The summed E-state index contributed by atoms with van der Waals surface area (Å²) < 4.78 is 30.0. The second-order valence-corrected chi connectivity index (χ2v) is 4.70. The van der Waals surface area contributed by atoms with Crippen LogP contribution in [0.5, 0.6) is 0 Å². The van der Waals surface area contributed by atoms with E-state index in [1.54, 1.807) is 13.8 Å². The van der Waals surface area contributed by atoms with Crippen LogP contribution < -0.4 is 4.72 Å². The van der Waals surface area contributed by atoms with Crippen LogP contribution >= 0.6 is 0 Å². The van der Waals surface area contributed by atoms with Crippen LogP contribution in [0.15, 0.2) is 21.6 Å². The Balaban J connectivity index is 2.98. The lowest BCUT2D eigenvalue weighted by atomic mass is 10.4. The molecule has 0 aliphatic heterocycles. The van der Waals surface area contributed by atoms with Crippen molar-refractivity contribution in [1.82, 2.24) is 4.72 Å². The highest BCUT2D eigenvalue weighted by Crippen LogP contribution is 2.12.